The maximum absolute atomic E-state index is 13.2. The minimum absolute atomic E-state index is 0. The minimum Gasteiger partial charge on any atom is -0.615 e. The molecule has 3 aromatic rings. The summed E-state index contributed by atoms with van der Waals surface area (Å²) in [7, 11) is -3.22. The van der Waals surface area contributed by atoms with Crippen LogP contribution in [-0.4, -0.2) is 196 Å². The van der Waals surface area contributed by atoms with Crippen molar-refractivity contribution < 1.29 is 138 Å². The summed E-state index contributed by atoms with van der Waals surface area (Å²) in [5.74, 6) is -8.55. The first-order valence-corrected chi connectivity index (χ1v) is 29.9. The zero-order valence-corrected chi connectivity index (χ0v) is 53.7. The Morgan fingerprint density at radius 1 is 0.876 bits per heavy atom. The predicted octanol–water partition coefficient (Wildman–Crippen LogP) is 2.70. The number of carbonyl (C=O) groups is 8. The molecule has 4 saturated carbocycles. The van der Waals surface area contributed by atoms with Gasteiger partial charge in [0.2, 0.25) is 24.2 Å². The summed E-state index contributed by atoms with van der Waals surface area (Å²) in [4.78, 5) is 104. The van der Waals surface area contributed by atoms with Gasteiger partial charge in [0.05, 0.1) is 42.6 Å². The van der Waals surface area contributed by atoms with Crippen molar-refractivity contribution in [2.45, 2.75) is 128 Å². The van der Waals surface area contributed by atoms with Gasteiger partial charge in [-0.2, -0.15) is 8.42 Å². The van der Waals surface area contributed by atoms with Crippen LogP contribution in [0.5, 0.6) is 11.5 Å². The molecule has 6 aliphatic rings. The molecule has 8 atom stereocenters. The number of nitrogens with zero attached hydrogens (tertiary/aromatic N) is 4. The van der Waals surface area contributed by atoms with Crippen molar-refractivity contribution in [1.82, 2.24) is 25.1 Å². The summed E-state index contributed by atoms with van der Waals surface area (Å²) < 4.78 is 70.0. The van der Waals surface area contributed by atoms with Gasteiger partial charge in [0, 0.05) is 126 Å². The number of aliphatic hydroxyl groups excluding tert-OH is 3. The number of carboxylic acids is 2. The number of hydrogen-bond acceptors (Lipinski definition) is 20. The van der Waals surface area contributed by atoms with Crippen molar-refractivity contribution in [1.29, 1.82) is 0 Å². The smallest absolute Gasteiger partial charge is 0.355 e. The Morgan fingerprint density at radius 2 is 1.57 bits per heavy atom. The molecular formula is C59H76N6O22SY-2. The third-order valence-electron chi connectivity index (χ3n) is 16.5. The third kappa shape index (κ3) is 18.0. The normalized spacial score (nSPS) is 26.2. The fourth-order valence-electron chi connectivity index (χ4n) is 13.9. The van der Waals surface area contributed by atoms with E-state index in [1.165, 1.54) is 25.2 Å². The van der Waals surface area contributed by atoms with Gasteiger partial charge in [-0.3, -0.25) is 38.2 Å². The second-order valence-corrected chi connectivity index (χ2v) is 25.4. The molecular weight excluding hydrogens is 1270 g/mol. The topological polar surface area (TPSA) is 407 Å². The van der Waals surface area contributed by atoms with Crippen molar-refractivity contribution in [3.8, 4) is 22.6 Å². The van der Waals surface area contributed by atoms with Crippen LogP contribution >= 0.6 is 0 Å². The number of rotatable bonds is 30. The van der Waals surface area contributed by atoms with E-state index >= 15 is 0 Å². The fourth-order valence-corrected chi connectivity index (χ4v) is 14.7. The largest absolute Gasteiger partial charge is 0.615 e. The van der Waals surface area contributed by atoms with E-state index < -0.39 is 106 Å². The molecule has 0 spiro atoms. The first kappa shape index (κ1) is 71.8. The zero-order chi connectivity index (χ0) is 63.2. The average molecular weight is 1340 g/mol. The molecule has 9 rings (SSSR count). The van der Waals surface area contributed by atoms with Gasteiger partial charge in [-0.05, 0) is 86.0 Å². The van der Waals surface area contributed by atoms with Crippen LogP contribution in [0, 0.1) is 36.5 Å². The van der Waals surface area contributed by atoms with Crippen molar-refractivity contribution in [2.75, 3.05) is 58.9 Å². The first-order valence-electron chi connectivity index (χ1n) is 28.3. The van der Waals surface area contributed by atoms with Gasteiger partial charge in [0.1, 0.15) is 48.8 Å². The second kappa shape index (κ2) is 29.8. The molecule has 4 heterocycles. The Labute approximate surface area is 539 Å². The van der Waals surface area contributed by atoms with Crippen LogP contribution < -0.4 is 20.1 Å². The molecule has 30 heteroatoms. The standard InChI is InChI=1S/C58H74N6O22S.CH3.Y/c1-33-39(40-8-6-36(22-42(66)59-4)62-45(40)51(73)74)12-15-63(33)32-57-27-55(2)26-56(3,28-57)30-58(29-55,31-57)84-18-14-61-54(77)83-24-34-5-7-38(85-53-48(71)46(69)47(70)49(86-53)52(75)76)23-41(34)82-20-19-81-17-13-60-50(72)35(25-87(78,79)80)21-37(65)11-16-64-43(67)9-10-44(64)68;;/h5-10,12,15,23,35,46-49,53,69-71H,11,13-14,16-22,24-32H2,1-4H3,(H6,59,60,61,66,72,73,74,75,76,77,78,79,80);1H3;/q;-1;/p-1/t35-,46-,47-,48+,49-,53+,55?,56?,57?,58?;;/m0../s1. The summed E-state index contributed by atoms with van der Waals surface area (Å²) in [5, 5.41) is 59.9. The number of aliphatic carboxylic acids is 1. The Morgan fingerprint density at radius 3 is 2.22 bits per heavy atom. The number of benzene rings is 1. The third-order valence-corrected chi connectivity index (χ3v) is 17.3. The van der Waals surface area contributed by atoms with Crippen molar-refractivity contribution in [3.63, 3.8) is 0 Å². The molecule has 1 radical (unpaired) electrons. The average Bonchev–Trinajstić information content (AvgIpc) is 1.09. The van der Waals surface area contributed by atoms with Crippen LogP contribution in [0.4, 0.5) is 4.79 Å². The van der Waals surface area contributed by atoms with Crippen molar-refractivity contribution in [2.24, 2.45) is 22.2 Å². The summed E-state index contributed by atoms with van der Waals surface area (Å²) in [6.07, 6.45) is -2.11. The number of nitrogens with one attached hydrogen (secondary N) is 2. The van der Waals surface area contributed by atoms with Gasteiger partial charge >= 0.3 is 11.9 Å². The summed E-state index contributed by atoms with van der Waals surface area (Å²) in [6, 6.07) is 9.35. The number of carboxylic acid groups (broad SMARTS) is 2. The SMILES string of the molecule is CNC(=O)Cc1ccc(-c2ccn(CC34CC5(C)CC(C)(C3)CC(OCC[N-]C(=O)OCc3ccc(O[C@@H]6O[C@H](C(=O)O)[C@@H](O)[C@H](O)[C@H]6O)cc3OCCOCCNC(=O)[C@@H](CC(=O)CCN3C(=O)C=CC3=O)CS(=O)(=O)O)(C5)C4)c2C)c(C(=O)O)n1.[CH3-].[Y]. The van der Waals surface area contributed by atoms with Crippen LogP contribution in [0.3, 0.4) is 0 Å². The predicted molar refractivity (Wildman–Crippen MR) is 308 cm³/mol. The molecule has 1 saturated heterocycles. The van der Waals surface area contributed by atoms with Gasteiger partial charge in [0.25, 0.3) is 21.9 Å². The number of aliphatic hydroxyl groups is 3. The van der Waals surface area contributed by atoms with E-state index in [0.29, 0.717) is 17.8 Å². The number of pyridine rings is 1. The maximum atomic E-state index is 13.2. The molecule has 2 unspecified atom stereocenters. The Kier molecular flexibility index (Phi) is 24.0. The first-order chi connectivity index (χ1) is 41.0. The number of ketones is 1. The van der Waals surface area contributed by atoms with Gasteiger partial charge in [-0.15, -0.1) is 6.54 Å². The molecule has 2 aliphatic heterocycles. The molecule has 4 bridgehead atoms. The van der Waals surface area contributed by atoms with E-state index in [2.05, 4.69) is 39.3 Å². The Hall–Kier alpha value is -6.28. The molecule has 2 aromatic heterocycles. The maximum Gasteiger partial charge on any atom is 0.355 e. The number of carbonyl (C=O) groups excluding carboxylic acids is 6. The molecule has 5 amide bonds. The monoisotopic (exact) mass is 1340 g/mol. The number of ether oxygens (including phenoxy) is 6. The van der Waals surface area contributed by atoms with E-state index in [9.17, 15) is 76.9 Å². The summed E-state index contributed by atoms with van der Waals surface area (Å²) in [5.41, 5.74) is 1.82. The van der Waals surface area contributed by atoms with Crippen molar-refractivity contribution in [3.05, 3.63) is 90.1 Å². The molecule has 1 aromatic carbocycles. The number of imide groups is 1. The molecule has 89 heavy (non-hydrogen) atoms. The van der Waals surface area contributed by atoms with Gasteiger partial charge in [-0.1, -0.05) is 19.9 Å². The summed E-state index contributed by atoms with van der Waals surface area (Å²) >= 11 is 0. The minimum atomic E-state index is -4.72. The van der Waals surface area contributed by atoms with Crippen LogP contribution in [0.1, 0.15) is 92.7 Å². The van der Waals surface area contributed by atoms with E-state index in [0.717, 1.165) is 66.8 Å². The van der Waals surface area contributed by atoms with Gasteiger partial charge < -0.3 is 81.9 Å². The second-order valence-electron chi connectivity index (χ2n) is 23.9. The Balaban J connectivity index is 0.00000631. The van der Waals surface area contributed by atoms with E-state index in [4.69, 9.17) is 28.4 Å². The molecule has 4 aliphatic carbocycles. The number of Topliss-reactive ketones (excluding diaryl/α,β-unsaturated/α-hetero) is 1. The number of aromatic nitrogens is 2. The molecule has 8 N–H and O–H groups in total. The number of aromatic carboxylic acids is 1. The Bertz CT molecular complexity index is 3250. The molecule has 28 nitrogen and oxygen atoms in total. The zero-order valence-electron chi connectivity index (χ0n) is 50.1. The van der Waals surface area contributed by atoms with Gasteiger partial charge in [-0.25, -0.2) is 14.6 Å². The summed E-state index contributed by atoms with van der Waals surface area (Å²) in [6.45, 7) is 5.98. The van der Waals surface area contributed by atoms with Crippen molar-refractivity contribution >= 4 is 57.6 Å². The number of amides is 5. The fraction of sp³-hybridized carbons (Fsp3) is 0.559. The van der Waals surface area contributed by atoms with E-state index in [-0.39, 0.29) is 151 Å². The van der Waals surface area contributed by atoms with Crippen LogP contribution in [0.15, 0.2) is 54.7 Å². The van der Waals surface area contributed by atoms with Gasteiger partial charge in [0.15, 0.2) is 11.8 Å². The van der Waals surface area contributed by atoms with E-state index in [1.807, 2.05) is 19.2 Å². The molecule has 485 valence electrons. The van der Waals surface area contributed by atoms with E-state index in [1.54, 1.807) is 12.1 Å². The van der Waals surface area contributed by atoms with Crippen LogP contribution in [0.2, 0.25) is 0 Å². The quantitative estimate of drug-likeness (QED) is 0.0206. The van der Waals surface area contributed by atoms with Crippen LogP contribution in [-0.2, 0) is 110 Å². The molecule has 5 fully saturated rings. The number of hydrogen-bond donors (Lipinski definition) is 8. The number of likely N-dealkylation sites (N-methyl/N-ethyl adjacent to an activating group) is 1. The van der Waals surface area contributed by atoms with Crippen LogP contribution in [0.25, 0.3) is 16.4 Å².